The summed E-state index contributed by atoms with van der Waals surface area (Å²) in [6, 6.07) is 4.34. The molecule has 0 aliphatic carbocycles. The lowest BCUT2D eigenvalue weighted by molar-refractivity contribution is 0.794. The Morgan fingerprint density at radius 3 is 3.00 bits per heavy atom. The molecule has 2 heterocycles. The van der Waals surface area contributed by atoms with E-state index in [2.05, 4.69) is 29.0 Å². The van der Waals surface area contributed by atoms with Crippen LogP contribution in [-0.4, -0.2) is 16.5 Å². The molecule has 0 aromatic carbocycles. The predicted octanol–water partition coefficient (Wildman–Crippen LogP) is 2.59. The minimum absolute atomic E-state index is 0.717. The first kappa shape index (κ1) is 11.4. The molecule has 2 aromatic heterocycles. The summed E-state index contributed by atoms with van der Waals surface area (Å²) in [5.74, 6) is 1.03. The lowest BCUT2D eigenvalue weighted by Gasteiger charge is -1.93. The van der Waals surface area contributed by atoms with E-state index in [0.29, 0.717) is 0 Å². The molecule has 86 valence electrons. The molecule has 2 rings (SSSR count). The Morgan fingerprint density at radius 2 is 2.31 bits per heavy atom. The molecular formula is C12H17N3S. The van der Waals surface area contributed by atoms with Gasteiger partial charge in [0.15, 0.2) is 0 Å². The number of rotatable bonds is 5. The van der Waals surface area contributed by atoms with Crippen LogP contribution in [0.25, 0.3) is 10.6 Å². The highest BCUT2D eigenvalue weighted by Gasteiger charge is 2.05. The molecule has 0 atom stereocenters. The highest BCUT2D eigenvalue weighted by atomic mass is 32.1. The summed E-state index contributed by atoms with van der Waals surface area (Å²) in [5.41, 5.74) is 6.60. The fourth-order valence-corrected chi connectivity index (χ4v) is 2.51. The van der Waals surface area contributed by atoms with Gasteiger partial charge < -0.3 is 10.7 Å². The van der Waals surface area contributed by atoms with Gasteiger partial charge in [-0.3, -0.25) is 0 Å². The smallest absolute Gasteiger partial charge is 0.106 e. The average Bonchev–Trinajstić information content (AvgIpc) is 2.94. The molecule has 3 nitrogen and oxygen atoms in total. The summed E-state index contributed by atoms with van der Waals surface area (Å²) in [5, 5.41) is 0. The Balaban J connectivity index is 2.11. The quantitative estimate of drug-likeness (QED) is 0.837. The zero-order valence-corrected chi connectivity index (χ0v) is 10.3. The number of imidazole rings is 1. The van der Waals surface area contributed by atoms with Gasteiger partial charge in [0.25, 0.3) is 0 Å². The molecule has 0 aliphatic rings. The molecule has 0 saturated heterocycles. The van der Waals surface area contributed by atoms with E-state index in [-0.39, 0.29) is 0 Å². The van der Waals surface area contributed by atoms with Gasteiger partial charge in [0.2, 0.25) is 0 Å². The molecular weight excluding hydrogens is 218 g/mol. The monoisotopic (exact) mass is 235 g/mol. The number of aromatic nitrogens is 2. The van der Waals surface area contributed by atoms with E-state index in [9.17, 15) is 0 Å². The standard InChI is InChI=1S/C12H17N3S/c1-2-9-5-6-11(16-9)10-8-14-12(15-10)4-3-7-13/h5-6,8H,2-4,7,13H2,1H3,(H,14,15). The van der Waals surface area contributed by atoms with Gasteiger partial charge in [-0.05, 0) is 31.5 Å². The van der Waals surface area contributed by atoms with Crippen LogP contribution in [0.15, 0.2) is 18.3 Å². The maximum atomic E-state index is 5.48. The highest BCUT2D eigenvalue weighted by Crippen LogP contribution is 2.26. The van der Waals surface area contributed by atoms with Crippen molar-refractivity contribution >= 4 is 11.3 Å². The Morgan fingerprint density at radius 1 is 1.44 bits per heavy atom. The minimum Gasteiger partial charge on any atom is -0.341 e. The second-order valence-electron chi connectivity index (χ2n) is 3.76. The van der Waals surface area contributed by atoms with Crippen LogP contribution in [0.5, 0.6) is 0 Å². The van der Waals surface area contributed by atoms with Crippen LogP contribution in [-0.2, 0) is 12.8 Å². The van der Waals surface area contributed by atoms with Gasteiger partial charge in [-0.1, -0.05) is 6.92 Å². The second kappa shape index (κ2) is 5.27. The van der Waals surface area contributed by atoms with Crippen LogP contribution in [0.3, 0.4) is 0 Å². The number of nitrogens with zero attached hydrogens (tertiary/aromatic N) is 1. The van der Waals surface area contributed by atoms with Crippen LogP contribution < -0.4 is 5.73 Å². The molecule has 0 unspecified atom stereocenters. The maximum absolute atomic E-state index is 5.48. The molecule has 2 aromatic rings. The minimum atomic E-state index is 0.717. The Hall–Kier alpha value is -1.13. The van der Waals surface area contributed by atoms with Crippen molar-refractivity contribution in [2.45, 2.75) is 26.2 Å². The van der Waals surface area contributed by atoms with Crippen molar-refractivity contribution < 1.29 is 0 Å². The first-order valence-corrected chi connectivity index (χ1v) is 6.48. The second-order valence-corrected chi connectivity index (χ2v) is 4.92. The summed E-state index contributed by atoms with van der Waals surface area (Å²) in [4.78, 5) is 10.4. The zero-order chi connectivity index (χ0) is 11.4. The number of nitrogens with two attached hydrogens (primary N) is 1. The molecule has 16 heavy (non-hydrogen) atoms. The molecule has 0 aliphatic heterocycles. The van der Waals surface area contributed by atoms with Gasteiger partial charge in [-0.2, -0.15) is 0 Å². The number of hydrogen-bond acceptors (Lipinski definition) is 3. The summed E-state index contributed by atoms with van der Waals surface area (Å²) >= 11 is 1.83. The third-order valence-electron chi connectivity index (χ3n) is 2.52. The van der Waals surface area contributed by atoms with Crippen molar-refractivity contribution in [3.63, 3.8) is 0 Å². The van der Waals surface area contributed by atoms with Gasteiger partial charge in [0.1, 0.15) is 5.82 Å². The number of nitrogens with one attached hydrogen (secondary N) is 1. The van der Waals surface area contributed by atoms with Crippen LogP contribution in [0.2, 0.25) is 0 Å². The van der Waals surface area contributed by atoms with Crippen LogP contribution in [0.1, 0.15) is 24.0 Å². The van der Waals surface area contributed by atoms with Crippen LogP contribution >= 0.6 is 11.3 Å². The van der Waals surface area contributed by atoms with Crippen molar-refractivity contribution in [3.05, 3.63) is 29.0 Å². The van der Waals surface area contributed by atoms with Gasteiger partial charge >= 0.3 is 0 Å². The number of aryl methyl sites for hydroxylation is 2. The van der Waals surface area contributed by atoms with Crippen LogP contribution in [0, 0.1) is 0 Å². The summed E-state index contributed by atoms with van der Waals surface area (Å²) in [7, 11) is 0. The lowest BCUT2D eigenvalue weighted by Crippen LogP contribution is -2.01. The van der Waals surface area contributed by atoms with E-state index >= 15 is 0 Å². The number of aromatic amines is 1. The zero-order valence-electron chi connectivity index (χ0n) is 9.49. The van der Waals surface area contributed by atoms with Crippen molar-refractivity contribution in [2.24, 2.45) is 5.73 Å². The maximum Gasteiger partial charge on any atom is 0.106 e. The Bertz CT molecular complexity index is 445. The van der Waals surface area contributed by atoms with E-state index in [0.717, 1.165) is 37.3 Å². The number of H-pyrrole nitrogens is 1. The van der Waals surface area contributed by atoms with E-state index < -0.39 is 0 Å². The van der Waals surface area contributed by atoms with Gasteiger partial charge in [0, 0.05) is 11.3 Å². The molecule has 4 heteroatoms. The molecule has 0 amide bonds. The van der Waals surface area contributed by atoms with Crippen molar-refractivity contribution in [2.75, 3.05) is 6.54 Å². The van der Waals surface area contributed by atoms with Gasteiger partial charge in [0.05, 0.1) is 16.8 Å². The third kappa shape index (κ3) is 2.51. The van der Waals surface area contributed by atoms with Gasteiger partial charge in [-0.15, -0.1) is 11.3 Å². The SMILES string of the molecule is CCc1ccc(-c2cnc(CCCN)[nH]2)s1. The number of thiophene rings is 1. The fourth-order valence-electron chi connectivity index (χ4n) is 1.60. The largest absolute Gasteiger partial charge is 0.341 e. The van der Waals surface area contributed by atoms with Crippen molar-refractivity contribution in [1.29, 1.82) is 0 Å². The van der Waals surface area contributed by atoms with E-state index in [1.807, 2.05) is 17.5 Å². The normalized spacial score (nSPS) is 10.9. The molecule has 0 spiro atoms. The average molecular weight is 235 g/mol. The van der Waals surface area contributed by atoms with E-state index in [1.54, 1.807) is 0 Å². The van der Waals surface area contributed by atoms with Crippen molar-refractivity contribution in [1.82, 2.24) is 9.97 Å². The first-order chi connectivity index (χ1) is 7.83. The van der Waals surface area contributed by atoms with Crippen molar-refractivity contribution in [3.8, 4) is 10.6 Å². The Kier molecular flexibility index (Phi) is 3.74. The molecule has 0 bridgehead atoms. The molecule has 3 N–H and O–H groups in total. The lowest BCUT2D eigenvalue weighted by atomic mass is 10.3. The molecule has 0 fully saturated rings. The van der Waals surface area contributed by atoms with E-state index in [4.69, 9.17) is 5.73 Å². The summed E-state index contributed by atoms with van der Waals surface area (Å²) < 4.78 is 0. The first-order valence-electron chi connectivity index (χ1n) is 5.66. The topological polar surface area (TPSA) is 54.7 Å². The summed E-state index contributed by atoms with van der Waals surface area (Å²) in [6.45, 7) is 2.89. The highest BCUT2D eigenvalue weighted by molar-refractivity contribution is 7.15. The fraction of sp³-hybridized carbons (Fsp3) is 0.417. The molecule has 0 saturated carbocycles. The number of hydrogen-bond donors (Lipinski definition) is 2. The summed E-state index contributed by atoms with van der Waals surface area (Å²) in [6.07, 6.45) is 4.93. The van der Waals surface area contributed by atoms with E-state index in [1.165, 1.54) is 9.75 Å². The predicted molar refractivity (Wildman–Crippen MR) is 68.7 cm³/mol. The molecule has 0 radical (unpaired) electrons. The van der Waals surface area contributed by atoms with Crippen LogP contribution in [0.4, 0.5) is 0 Å². The third-order valence-corrected chi connectivity index (χ3v) is 3.78. The van der Waals surface area contributed by atoms with Gasteiger partial charge in [-0.25, -0.2) is 4.98 Å². The Labute approximate surface area is 99.7 Å².